The van der Waals surface area contributed by atoms with Gasteiger partial charge in [0.25, 0.3) is 0 Å². The van der Waals surface area contributed by atoms with Crippen LogP contribution in [0.1, 0.15) is 24.7 Å². The van der Waals surface area contributed by atoms with Crippen molar-refractivity contribution < 1.29 is 4.79 Å². The molecule has 1 aromatic heterocycles. The first kappa shape index (κ1) is 12.7. The molecule has 0 saturated heterocycles. The second kappa shape index (κ2) is 6.27. The first-order valence-corrected chi connectivity index (χ1v) is 5.60. The van der Waals surface area contributed by atoms with Gasteiger partial charge in [0.15, 0.2) is 0 Å². The van der Waals surface area contributed by atoms with Crippen LogP contribution < -0.4 is 10.6 Å². The van der Waals surface area contributed by atoms with Gasteiger partial charge >= 0.3 is 0 Å². The maximum atomic E-state index is 11.2. The quantitative estimate of drug-likeness (QED) is 0.685. The van der Waals surface area contributed by atoms with Crippen molar-refractivity contribution in [3.63, 3.8) is 0 Å². The van der Waals surface area contributed by atoms with Gasteiger partial charge in [0, 0.05) is 33.1 Å². The molecule has 90 valence electrons. The zero-order valence-electron chi connectivity index (χ0n) is 10.2. The van der Waals surface area contributed by atoms with Crippen LogP contribution >= 0.6 is 0 Å². The average molecular weight is 224 g/mol. The van der Waals surface area contributed by atoms with Crippen molar-refractivity contribution in [3.8, 4) is 0 Å². The second-order valence-electron chi connectivity index (χ2n) is 3.78. The molecule has 0 fully saturated rings. The van der Waals surface area contributed by atoms with Crippen molar-refractivity contribution >= 4 is 5.91 Å². The lowest BCUT2D eigenvalue weighted by Crippen LogP contribution is -2.27. The molecule has 0 spiro atoms. The van der Waals surface area contributed by atoms with E-state index in [4.69, 9.17) is 0 Å². The molecule has 0 bridgehead atoms. The second-order valence-corrected chi connectivity index (χ2v) is 3.78. The van der Waals surface area contributed by atoms with Gasteiger partial charge in [-0.3, -0.25) is 9.48 Å². The third kappa shape index (κ3) is 4.02. The van der Waals surface area contributed by atoms with Crippen molar-refractivity contribution in [2.45, 2.75) is 26.8 Å². The molecule has 0 aromatic carbocycles. The van der Waals surface area contributed by atoms with Crippen molar-refractivity contribution in [2.24, 2.45) is 7.05 Å². The molecule has 0 aliphatic rings. The van der Waals surface area contributed by atoms with Gasteiger partial charge in [-0.2, -0.15) is 5.10 Å². The van der Waals surface area contributed by atoms with Gasteiger partial charge in [-0.1, -0.05) is 0 Å². The predicted molar refractivity (Wildman–Crippen MR) is 63.0 cm³/mol. The molecule has 1 amide bonds. The zero-order chi connectivity index (χ0) is 12.0. The fourth-order valence-corrected chi connectivity index (χ4v) is 1.53. The smallest absolute Gasteiger partial charge is 0.221 e. The van der Waals surface area contributed by atoms with Gasteiger partial charge in [0.2, 0.25) is 5.91 Å². The molecule has 0 radical (unpaired) electrons. The van der Waals surface area contributed by atoms with Crippen LogP contribution in [-0.4, -0.2) is 28.8 Å². The molecule has 16 heavy (non-hydrogen) atoms. The van der Waals surface area contributed by atoms with Crippen LogP contribution in [0.25, 0.3) is 0 Å². The first-order chi connectivity index (χ1) is 7.63. The Labute approximate surface area is 96.2 Å². The van der Waals surface area contributed by atoms with E-state index in [1.54, 1.807) is 0 Å². The molecular formula is C11H20N4O. The summed E-state index contributed by atoms with van der Waals surface area (Å²) in [5, 5.41) is 10.2. The number of hydrogen-bond acceptors (Lipinski definition) is 3. The standard InChI is InChI=1S/C11H20N4O/c1-4-13-11(16)5-6-12-8-10-7-9(2)14-15(10)3/h7,12H,4-6,8H2,1-3H3,(H,13,16). The monoisotopic (exact) mass is 224 g/mol. The molecule has 5 heteroatoms. The summed E-state index contributed by atoms with van der Waals surface area (Å²) < 4.78 is 1.86. The third-order valence-corrected chi connectivity index (χ3v) is 2.31. The predicted octanol–water partition coefficient (Wildman–Crippen LogP) is 0.344. The van der Waals surface area contributed by atoms with E-state index < -0.39 is 0 Å². The molecule has 0 atom stereocenters. The molecule has 1 aromatic rings. The number of carbonyl (C=O) groups excluding carboxylic acids is 1. The van der Waals surface area contributed by atoms with Gasteiger partial charge in [0.1, 0.15) is 0 Å². The van der Waals surface area contributed by atoms with Crippen LogP contribution in [0.3, 0.4) is 0 Å². The lowest BCUT2D eigenvalue weighted by Gasteiger charge is -2.05. The fraction of sp³-hybridized carbons (Fsp3) is 0.636. The molecular weight excluding hydrogens is 204 g/mol. The Morgan fingerprint density at radius 1 is 1.56 bits per heavy atom. The minimum atomic E-state index is 0.0937. The molecule has 0 unspecified atom stereocenters. The van der Waals surface area contributed by atoms with Crippen LogP contribution in [0.4, 0.5) is 0 Å². The first-order valence-electron chi connectivity index (χ1n) is 5.60. The molecule has 0 aliphatic carbocycles. The van der Waals surface area contributed by atoms with E-state index in [2.05, 4.69) is 15.7 Å². The Hall–Kier alpha value is -1.36. The van der Waals surface area contributed by atoms with Crippen LogP contribution in [0.5, 0.6) is 0 Å². The van der Waals surface area contributed by atoms with Crippen LogP contribution in [-0.2, 0) is 18.4 Å². The van der Waals surface area contributed by atoms with Gasteiger partial charge in [-0.05, 0) is 19.9 Å². The number of aryl methyl sites for hydroxylation is 2. The lowest BCUT2D eigenvalue weighted by molar-refractivity contribution is -0.120. The summed E-state index contributed by atoms with van der Waals surface area (Å²) in [5.41, 5.74) is 2.15. The Morgan fingerprint density at radius 3 is 2.88 bits per heavy atom. The third-order valence-electron chi connectivity index (χ3n) is 2.31. The van der Waals surface area contributed by atoms with Crippen LogP contribution in [0.2, 0.25) is 0 Å². The number of aromatic nitrogens is 2. The summed E-state index contributed by atoms with van der Waals surface area (Å²) in [6, 6.07) is 2.04. The molecule has 1 heterocycles. The highest BCUT2D eigenvalue weighted by Crippen LogP contribution is 2.00. The number of nitrogens with zero attached hydrogens (tertiary/aromatic N) is 2. The number of nitrogens with one attached hydrogen (secondary N) is 2. The maximum Gasteiger partial charge on any atom is 0.221 e. The number of amides is 1. The molecule has 5 nitrogen and oxygen atoms in total. The molecule has 2 N–H and O–H groups in total. The van der Waals surface area contributed by atoms with E-state index in [1.807, 2.05) is 31.6 Å². The molecule has 0 aliphatic heterocycles. The summed E-state index contributed by atoms with van der Waals surface area (Å²) in [6.45, 7) is 6.02. The summed E-state index contributed by atoms with van der Waals surface area (Å²) in [5.74, 6) is 0.0937. The summed E-state index contributed by atoms with van der Waals surface area (Å²) in [7, 11) is 1.92. The van der Waals surface area contributed by atoms with E-state index in [-0.39, 0.29) is 5.91 Å². The van der Waals surface area contributed by atoms with E-state index >= 15 is 0 Å². The highest BCUT2D eigenvalue weighted by atomic mass is 16.1. The number of carbonyl (C=O) groups is 1. The summed E-state index contributed by atoms with van der Waals surface area (Å²) in [4.78, 5) is 11.2. The number of rotatable bonds is 6. The van der Waals surface area contributed by atoms with Crippen molar-refractivity contribution in [1.29, 1.82) is 0 Å². The average Bonchev–Trinajstić information content (AvgIpc) is 2.53. The van der Waals surface area contributed by atoms with Crippen LogP contribution in [0.15, 0.2) is 6.07 Å². The Bertz CT molecular complexity index is 346. The SMILES string of the molecule is CCNC(=O)CCNCc1cc(C)nn1C. The fourth-order valence-electron chi connectivity index (χ4n) is 1.53. The highest BCUT2D eigenvalue weighted by molar-refractivity contribution is 5.75. The number of hydrogen-bond donors (Lipinski definition) is 2. The van der Waals surface area contributed by atoms with Gasteiger partial charge in [0.05, 0.1) is 11.4 Å². The van der Waals surface area contributed by atoms with Gasteiger partial charge in [-0.15, -0.1) is 0 Å². The van der Waals surface area contributed by atoms with E-state index in [9.17, 15) is 4.79 Å². The molecule has 0 saturated carbocycles. The minimum Gasteiger partial charge on any atom is -0.356 e. The Balaban J connectivity index is 2.21. The topological polar surface area (TPSA) is 59.0 Å². The Kier molecular flexibility index (Phi) is 4.98. The maximum absolute atomic E-state index is 11.2. The Morgan fingerprint density at radius 2 is 2.31 bits per heavy atom. The van der Waals surface area contributed by atoms with Crippen molar-refractivity contribution in [3.05, 3.63) is 17.5 Å². The van der Waals surface area contributed by atoms with Crippen molar-refractivity contribution in [1.82, 2.24) is 20.4 Å². The minimum absolute atomic E-state index is 0.0937. The van der Waals surface area contributed by atoms with Gasteiger partial charge in [-0.25, -0.2) is 0 Å². The highest BCUT2D eigenvalue weighted by Gasteiger charge is 2.02. The summed E-state index contributed by atoms with van der Waals surface area (Å²) >= 11 is 0. The van der Waals surface area contributed by atoms with Gasteiger partial charge < -0.3 is 10.6 Å². The normalized spacial score (nSPS) is 10.4. The zero-order valence-corrected chi connectivity index (χ0v) is 10.2. The summed E-state index contributed by atoms with van der Waals surface area (Å²) in [6.07, 6.45) is 0.519. The van der Waals surface area contributed by atoms with Crippen molar-refractivity contribution in [2.75, 3.05) is 13.1 Å². The lowest BCUT2D eigenvalue weighted by atomic mass is 10.3. The van der Waals surface area contributed by atoms with Crippen LogP contribution in [0, 0.1) is 6.92 Å². The van der Waals surface area contributed by atoms with E-state index in [0.29, 0.717) is 19.5 Å². The van der Waals surface area contributed by atoms with E-state index in [0.717, 1.165) is 17.9 Å². The van der Waals surface area contributed by atoms with E-state index in [1.165, 1.54) is 0 Å². The molecule has 1 rings (SSSR count). The largest absolute Gasteiger partial charge is 0.356 e.